The molecule has 1 saturated heterocycles. The molecule has 0 bridgehead atoms. The molecule has 0 aliphatic carbocycles. The van der Waals surface area contributed by atoms with Gasteiger partial charge in [0.15, 0.2) is 6.29 Å². The lowest BCUT2D eigenvalue weighted by Gasteiger charge is -2.37. The van der Waals surface area contributed by atoms with Gasteiger partial charge in [-0.3, -0.25) is 0 Å². The molecule has 0 spiro atoms. The van der Waals surface area contributed by atoms with E-state index in [1.165, 1.54) is 0 Å². The van der Waals surface area contributed by atoms with Crippen LogP contribution in [0, 0.1) is 0 Å². The fourth-order valence-electron chi connectivity index (χ4n) is 1.08. The summed E-state index contributed by atoms with van der Waals surface area (Å²) >= 11 is 0. The summed E-state index contributed by atoms with van der Waals surface area (Å²) in [5.74, 6) is 0. The van der Waals surface area contributed by atoms with Crippen LogP contribution in [0.1, 0.15) is 7.43 Å². The Kier molecular flexibility index (Phi) is 4.76. The first kappa shape index (κ1) is 12.8. The number of aliphatic hydroxyl groups excluding tert-OH is 5. The van der Waals surface area contributed by atoms with E-state index in [1.54, 1.807) is 0 Å². The first-order valence-electron chi connectivity index (χ1n) is 3.56. The third kappa shape index (κ3) is 2.37. The summed E-state index contributed by atoms with van der Waals surface area (Å²) < 4.78 is 4.58. The maximum Gasteiger partial charge on any atom is 0.184 e. The number of rotatable bonds is 1. The van der Waals surface area contributed by atoms with E-state index in [4.69, 9.17) is 25.5 Å². The molecule has 1 rings (SSSR count). The van der Waals surface area contributed by atoms with Crippen LogP contribution >= 0.6 is 0 Å². The summed E-state index contributed by atoms with van der Waals surface area (Å²) in [6.45, 7) is -0.526. The van der Waals surface area contributed by atoms with Gasteiger partial charge in [0.05, 0.1) is 6.61 Å². The Morgan fingerprint density at radius 3 is 1.92 bits per heavy atom. The molecule has 1 heterocycles. The second-order valence-electron chi connectivity index (χ2n) is 2.72. The summed E-state index contributed by atoms with van der Waals surface area (Å²) in [6.07, 6.45) is -7.04. The summed E-state index contributed by atoms with van der Waals surface area (Å²) in [5.41, 5.74) is 0. The standard InChI is InChI=1S/C6H12O6.CH4/c7-1-2-3(8)4(9)5(10)6(11)12-2;/h2-11H,1H2;1H4/t2?,3-,4?,5+,6+;/m1./s1. The van der Waals surface area contributed by atoms with Crippen LogP contribution in [0.4, 0.5) is 0 Å². The third-order valence-electron chi connectivity index (χ3n) is 1.87. The Bertz CT molecular complexity index is 147. The smallest absolute Gasteiger partial charge is 0.184 e. The predicted octanol–water partition coefficient (Wildman–Crippen LogP) is -2.59. The van der Waals surface area contributed by atoms with Gasteiger partial charge in [0.2, 0.25) is 0 Å². The fraction of sp³-hybridized carbons (Fsp3) is 1.00. The molecule has 2 unspecified atom stereocenters. The SMILES string of the molecule is C.OCC1O[C@H](O)[C@@H](O)C(O)[C@@H]1O. The molecule has 6 heteroatoms. The van der Waals surface area contributed by atoms with Crippen LogP contribution < -0.4 is 0 Å². The molecule has 6 nitrogen and oxygen atoms in total. The minimum absolute atomic E-state index is 0. The van der Waals surface area contributed by atoms with Crippen LogP contribution in [0.3, 0.4) is 0 Å². The van der Waals surface area contributed by atoms with Gasteiger partial charge in [-0.25, -0.2) is 0 Å². The van der Waals surface area contributed by atoms with E-state index in [0.717, 1.165) is 0 Å². The van der Waals surface area contributed by atoms with Crippen molar-refractivity contribution < 1.29 is 30.3 Å². The van der Waals surface area contributed by atoms with Gasteiger partial charge in [0, 0.05) is 0 Å². The minimum atomic E-state index is -1.57. The van der Waals surface area contributed by atoms with E-state index in [1.807, 2.05) is 0 Å². The Morgan fingerprint density at radius 2 is 1.46 bits per heavy atom. The van der Waals surface area contributed by atoms with E-state index in [-0.39, 0.29) is 7.43 Å². The van der Waals surface area contributed by atoms with Crippen LogP contribution in [-0.2, 0) is 4.74 Å². The van der Waals surface area contributed by atoms with Gasteiger partial charge in [-0.1, -0.05) is 7.43 Å². The van der Waals surface area contributed by atoms with Gasteiger partial charge in [-0.05, 0) is 0 Å². The molecule has 13 heavy (non-hydrogen) atoms. The van der Waals surface area contributed by atoms with Crippen molar-refractivity contribution in [2.45, 2.75) is 38.1 Å². The molecule has 1 fully saturated rings. The van der Waals surface area contributed by atoms with Gasteiger partial charge in [0.1, 0.15) is 24.4 Å². The molecule has 0 aromatic rings. The predicted molar refractivity (Wildman–Crippen MR) is 42.7 cm³/mol. The maximum absolute atomic E-state index is 9.12. The summed E-state index contributed by atoms with van der Waals surface area (Å²) in [4.78, 5) is 0. The van der Waals surface area contributed by atoms with Crippen molar-refractivity contribution in [1.82, 2.24) is 0 Å². The molecule has 1 aliphatic heterocycles. The van der Waals surface area contributed by atoms with E-state index >= 15 is 0 Å². The molecule has 0 saturated carbocycles. The molecule has 0 aromatic carbocycles. The highest BCUT2D eigenvalue weighted by molar-refractivity contribution is 4.87. The Hall–Kier alpha value is -0.240. The second kappa shape index (κ2) is 4.85. The maximum atomic E-state index is 9.12. The summed E-state index contributed by atoms with van der Waals surface area (Å²) in [6, 6.07) is 0. The molecule has 0 aromatic heterocycles. The van der Waals surface area contributed by atoms with Crippen LogP contribution in [0.25, 0.3) is 0 Å². The minimum Gasteiger partial charge on any atom is -0.394 e. The van der Waals surface area contributed by atoms with Crippen LogP contribution in [0.15, 0.2) is 0 Å². The van der Waals surface area contributed by atoms with Gasteiger partial charge < -0.3 is 30.3 Å². The highest BCUT2D eigenvalue weighted by Gasteiger charge is 2.42. The summed E-state index contributed by atoms with van der Waals surface area (Å²) in [7, 11) is 0. The molecule has 5 N–H and O–H groups in total. The fourth-order valence-corrected chi connectivity index (χ4v) is 1.08. The van der Waals surface area contributed by atoms with Crippen molar-refractivity contribution in [1.29, 1.82) is 0 Å². The highest BCUT2D eigenvalue weighted by atomic mass is 16.6. The van der Waals surface area contributed by atoms with E-state index < -0.39 is 37.3 Å². The lowest BCUT2D eigenvalue weighted by atomic mass is 10.00. The van der Waals surface area contributed by atoms with Crippen LogP contribution in [0.2, 0.25) is 0 Å². The lowest BCUT2D eigenvalue weighted by Crippen LogP contribution is -2.58. The average Bonchev–Trinajstić information content (AvgIpc) is 2.08. The quantitative estimate of drug-likeness (QED) is 0.315. The van der Waals surface area contributed by atoms with Crippen LogP contribution in [-0.4, -0.2) is 62.8 Å². The molecular weight excluding hydrogens is 180 g/mol. The molecule has 0 radical (unpaired) electrons. The third-order valence-corrected chi connectivity index (χ3v) is 1.87. The van der Waals surface area contributed by atoms with E-state index in [0.29, 0.717) is 0 Å². The number of hydrogen-bond acceptors (Lipinski definition) is 6. The number of hydrogen-bond donors (Lipinski definition) is 5. The van der Waals surface area contributed by atoms with Crippen molar-refractivity contribution in [2.75, 3.05) is 6.61 Å². The van der Waals surface area contributed by atoms with Gasteiger partial charge in [0.25, 0.3) is 0 Å². The van der Waals surface area contributed by atoms with Crippen molar-refractivity contribution in [3.8, 4) is 0 Å². The Morgan fingerprint density at radius 1 is 0.923 bits per heavy atom. The zero-order valence-corrected chi connectivity index (χ0v) is 6.24. The first-order valence-corrected chi connectivity index (χ1v) is 3.56. The lowest BCUT2D eigenvalue weighted by molar-refractivity contribution is -0.286. The van der Waals surface area contributed by atoms with Crippen molar-refractivity contribution in [2.24, 2.45) is 0 Å². The number of aliphatic hydroxyl groups is 5. The average molecular weight is 196 g/mol. The summed E-state index contributed by atoms with van der Waals surface area (Å²) in [5, 5.41) is 44.7. The monoisotopic (exact) mass is 196 g/mol. The van der Waals surface area contributed by atoms with E-state index in [2.05, 4.69) is 4.74 Å². The van der Waals surface area contributed by atoms with E-state index in [9.17, 15) is 0 Å². The molecule has 5 atom stereocenters. The Balaban J connectivity index is 0.00000144. The Labute approximate surface area is 76.0 Å². The molecule has 0 amide bonds. The van der Waals surface area contributed by atoms with Crippen molar-refractivity contribution in [3.05, 3.63) is 0 Å². The topological polar surface area (TPSA) is 110 Å². The number of ether oxygens (including phenoxy) is 1. The first-order chi connectivity index (χ1) is 5.57. The highest BCUT2D eigenvalue weighted by Crippen LogP contribution is 2.18. The van der Waals surface area contributed by atoms with Gasteiger partial charge >= 0.3 is 0 Å². The molecule has 80 valence electrons. The van der Waals surface area contributed by atoms with Gasteiger partial charge in [-0.15, -0.1) is 0 Å². The van der Waals surface area contributed by atoms with Crippen molar-refractivity contribution in [3.63, 3.8) is 0 Å². The van der Waals surface area contributed by atoms with Crippen LogP contribution in [0.5, 0.6) is 0 Å². The van der Waals surface area contributed by atoms with Gasteiger partial charge in [-0.2, -0.15) is 0 Å². The zero-order valence-electron chi connectivity index (χ0n) is 6.24. The zero-order chi connectivity index (χ0) is 9.30. The largest absolute Gasteiger partial charge is 0.394 e. The normalized spacial score (nSPS) is 45.5. The molecular formula is C7H16O6. The molecule has 1 aliphatic rings. The van der Waals surface area contributed by atoms with Crippen molar-refractivity contribution >= 4 is 0 Å². The second-order valence-corrected chi connectivity index (χ2v) is 2.72.